The molecule has 0 fully saturated rings. The van der Waals surface area contributed by atoms with Crippen LogP contribution >= 0.6 is 0 Å². The Balaban J connectivity index is 1.82. The van der Waals surface area contributed by atoms with Crippen LogP contribution in [0.25, 0.3) is 0 Å². The maximum atomic E-state index is 12.3. The van der Waals surface area contributed by atoms with E-state index in [1.165, 1.54) is 0 Å². The summed E-state index contributed by atoms with van der Waals surface area (Å²) in [6.45, 7) is 4.87. The first-order valence-electron chi connectivity index (χ1n) is 9.25. The van der Waals surface area contributed by atoms with Crippen LogP contribution in [-0.4, -0.2) is 44.8 Å². The Morgan fingerprint density at radius 1 is 0.931 bits per heavy atom. The average Bonchev–Trinajstić information content (AvgIpc) is 2.73. The zero-order valence-corrected chi connectivity index (χ0v) is 16.8. The molecular formula is C21H26N2O6. The lowest BCUT2D eigenvalue weighted by Gasteiger charge is -2.15. The number of carbonyl (C=O) groups is 2. The number of ether oxygens (including phenoxy) is 4. The Morgan fingerprint density at radius 2 is 1.66 bits per heavy atom. The van der Waals surface area contributed by atoms with Crippen LogP contribution in [0.15, 0.2) is 48.5 Å². The SMILES string of the molecule is CCOc1ccc(OC(C)C(=O)NNC(=O)c2cccc(OCCOC)c2)cc1. The van der Waals surface area contributed by atoms with Crippen molar-refractivity contribution < 1.29 is 28.5 Å². The molecule has 8 heteroatoms. The summed E-state index contributed by atoms with van der Waals surface area (Å²) in [5.74, 6) is 0.817. The van der Waals surface area contributed by atoms with Gasteiger partial charge in [-0.05, 0) is 56.3 Å². The van der Waals surface area contributed by atoms with Crippen LogP contribution in [-0.2, 0) is 9.53 Å². The van der Waals surface area contributed by atoms with Gasteiger partial charge in [-0.3, -0.25) is 20.4 Å². The highest BCUT2D eigenvalue weighted by molar-refractivity contribution is 5.96. The van der Waals surface area contributed by atoms with Gasteiger partial charge in [-0.1, -0.05) is 6.07 Å². The summed E-state index contributed by atoms with van der Waals surface area (Å²) >= 11 is 0. The van der Waals surface area contributed by atoms with Crippen LogP contribution in [0.5, 0.6) is 17.2 Å². The molecule has 2 aromatic rings. The second kappa shape index (κ2) is 11.6. The van der Waals surface area contributed by atoms with Gasteiger partial charge in [-0.15, -0.1) is 0 Å². The molecule has 29 heavy (non-hydrogen) atoms. The molecular weight excluding hydrogens is 376 g/mol. The molecule has 0 aliphatic carbocycles. The highest BCUT2D eigenvalue weighted by atomic mass is 16.5. The summed E-state index contributed by atoms with van der Waals surface area (Å²) < 4.78 is 21.3. The van der Waals surface area contributed by atoms with E-state index in [0.717, 1.165) is 5.75 Å². The third kappa shape index (κ3) is 7.34. The van der Waals surface area contributed by atoms with Gasteiger partial charge in [0, 0.05) is 12.7 Å². The van der Waals surface area contributed by atoms with Crippen molar-refractivity contribution in [2.24, 2.45) is 0 Å². The van der Waals surface area contributed by atoms with E-state index in [2.05, 4.69) is 10.9 Å². The molecule has 2 rings (SSSR count). The molecule has 8 nitrogen and oxygen atoms in total. The van der Waals surface area contributed by atoms with Crippen molar-refractivity contribution in [3.05, 3.63) is 54.1 Å². The molecule has 156 valence electrons. The fourth-order valence-corrected chi connectivity index (χ4v) is 2.30. The highest BCUT2D eigenvalue weighted by Gasteiger charge is 2.16. The van der Waals surface area contributed by atoms with E-state index < -0.39 is 17.9 Å². The predicted molar refractivity (Wildman–Crippen MR) is 107 cm³/mol. The number of rotatable bonds is 10. The van der Waals surface area contributed by atoms with E-state index in [4.69, 9.17) is 18.9 Å². The minimum atomic E-state index is -0.808. The Bertz CT molecular complexity index is 794. The third-order valence-corrected chi connectivity index (χ3v) is 3.77. The first-order chi connectivity index (χ1) is 14.0. The van der Waals surface area contributed by atoms with Crippen LogP contribution < -0.4 is 25.1 Å². The minimum Gasteiger partial charge on any atom is -0.494 e. The van der Waals surface area contributed by atoms with E-state index in [0.29, 0.717) is 36.9 Å². The molecule has 2 N–H and O–H groups in total. The van der Waals surface area contributed by atoms with Crippen molar-refractivity contribution >= 4 is 11.8 Å². The maximum absolute atomic E-state index is 12.3. The van der Waals surface area contributed by atoms with Crippen LogP contribution in [0, 0.1) is 0 Å². The Morgan fingerprint density at radius 3 is 2.34 bits per heavy atom. The molecule has 2 aromatic carbocycles. The standard InChI is InChI=1S/C21H26N2O6/c1-4-27-17-8-10-18(11-9-17)29-15(2)20(24)22-23-21(25)16-6-5-7-19(14-16)28-13-12-26-3/h5-11,14-15H,4,12-13H2,1-3H3,(H,22,24)(H,23,25). The smallest absolute Gasteiger partial charge is 0.279 e. The lowest BCUT2D eigenvalue weighted by atomic mass is 10.2. The number of amides is 2. The normalized spacial score (nSPS) is 11.3. The molecule has 0 spiro atoms. The molecule has 0 saturated carbocycles. The van der Waals surface area contributed by atoms with Crippen molar-refractivity contribution in [1.29, 1.82) is 0 Å². The summed E-state index contributed by atoms with van der Waals surface area (Å²) in [5.41, 5.74) is 5.07. The molecule has 0 radical (unpaired) electrons. The maximum Gasteiger partial charge on any atom is 0.279 e. The number of hydrogen-bond acceptors (Lipinski definition) is 6. The molecule has 1 atom stereocenters. The zero-order valence-electron chi connectivity index (χ0n) is 16.8. The minimum absolute atomic E-state index is 0.348. The quantitative estimate of drug-likeness (QED) is 0.468. The molecule has 0 aliphatic rings. The molecule has 0 bridgehead atoms. The lowest BCUT2D eigenvalue weighted by Crippen LogP contribution is -2.47. The van der Waals surface area contributed by atoms with Crippen molar-refractivity contribution in [2.75, 3.05) is 26.9 Å². The summed E-state index contributed by atoms with van der Waals surface area (Å²) in [4.78, 5) is 24.4. The summed E-state index contributed by atoms with van der Waals surface area (Å²) in [5, 5.41) is 0. The molecule has 0 aromatic heterocycles. The Kier molecular flexibility index (Phi) is 8.78. The first kappa shape index (κ1) is 22.0. The average molecular weight is 402 g/mol. The summed E-state index contributed by atoms with van der Waals surface area (Å²) in [6, 6.07) is 13.6. The molecule has 0 aliphatic heterocycles. The number of hydrogen-bond donors (Lipinski definition) is 2. The predicted octanol–water partition coefficient (Wildman–Crippen LogP) is 2.34. The van der Waals surface area contributed by atoms with Gasteiger partial charge >= 0.3 is 0 Å². The largest absolute Gasteiger partial charge is 0.494 e. The lowest BCUT2D eigenvalue weighted by molar-refractivity contribution is -0.128. The fourth-order valence-electron chi connectivity index (χ4n) is 2.30. The number of hydrazine groups is 1. The van der Waals surface area contributed by atoms with Gasteiger partial charge in [-0.25, -0.2) is 0 Å². The highest BCUT2D eigenvalue weighted by Crippen LogP contribution is 2.18. The monoisotopic (exact) mass is 402 g/mol. The molecule has 0 saturated heterocycles. The fraction of sp³-hybridized carbons (Fsp3) is 0.333. The van der Waals surface area contributed by atoms with Crippen molar-refractivity contribution in [3.8, 4) is 17.2 Å². The second-order valence-electron chi connectivity index (χ2n) is 5.98. The summed E-state index contributed by atoms with van der Waals surface area (Å²) in [6.07, 6.45) is -0.808. The number of benzene rings is 2. The number of methoxy groups -OCH3 is 1. The van der Waals surface area contributed by atoms with Gasteiger partial charge in [0.1, 0.15) is 23.9 Å². The van der Waals surface area contributed by atoms with Gasteiger partial charge in [0.2, 0.25) is 0 Å². The zero-order chi connectivity index (χ0) is 21.1. The van der Waals surface area contributed by atoms with Gasteiger partial charge in [-0.2, -0.15) is 0 Å². The number of nitrogens with one attached hydrogen (secondary N) is 2. The Labute approximate surface area is 170 Å². The third-order valence-electron chi connectivity index (χ3n) is 3.77. The van der Waals surface area contributed by atoms with E-state index in [-0.39, 0.29) is 0 Å². The van der Waals surface area contributed by atoms with E-state index in [9.17, 15) is 9.59 Å². The van der Waals surface area contributed by atoms with Gasteiger partial charge in [0.15, 0.2) is 6.10 Å². The van der Waals surface area contributed by atoms with Crippen molar-refractivity contribution in [1.82, 2.24) is 10.9 Å². The summed E-state index contributed by atoms with van der Waals surface area (Å²) in [7, 11) is 1.58. The topological polar surface area (TPSA) is 95.1 Å². The number of carbonyl (C=O) groups excluding carboxylic acids is 2. The first-order valence-corrected chi connectivity index (χ1v) is 9.25. The van der Waals surface area contributed by atoms with E-state index in [1.807, 2.05) is 6.92 Å². The van der Waals surface area contributed by atoms with E-state index >= 15 is 0 Å². The van der Waals surface area contributed by atoms with Crippen LogP contribution in [0.3, 0.4) is 0 Å². The molecule has 2 amide bonds. The van der Waals surface area contributed by atoms with Gasteiger partial charge in [0.05, 0.1) is 13.2 Å². The molecule has 0 heterocycles. The second-order valence-corrected chi connectivity index (χ2v) is 5.98. The van der Waals surface area contributed by atoms with Crippen LogP contribution in [0.4, 0.5) is 0 Å². The van der Waals surface area contributed by atoms with Crippen molar-refractivity contribution in [3.63, 3.8) is 0 Å². The van der Waals surface area contributed by atoms with Gasteiger partial charge in [0.25, 0.3) is 11.8 Å². The van der Waals surface area contributed by atoms with Crippen LogP contribution in [0.2, 0.25) is 0 Å². The molecule has 1 unspecified atom stereocenters. The van der Waals surface area contributed by atoms with Gasteiger partial charge < -0.3 is 18.9 Å². The van der Waals surface area contributed by atoms with E-state index in [1.54, 1.807) is 62.6 Å². The Hall–Kier alpha value is -3.26. The van der Waals surface area contributed by atoms with Crippen LogP contribution in [0.1, 0.15) is 24.2 Å². The van der Waals surface area contributed by atoms with Crippen molar-refractivity contribution in [2.45, 2.75) is 20.0 Å².